The molecule has 0 radical (unpaired) electrons. The molecule has 0 aromatic heterocycles. The monoisotopic (exact) mass is 598 g/mol. The summed E-state index contributed by atoms with van der Waals surface area (Å²) in [4.78, 5) is 0. The number of benzene rings is 4. The van der Waals surface area contributed by atoms with Gasteiger partial charge in [-0.15, -0.1) is 0 Å². The van der Waals surface area contributed by atoms with Crippen LogP contribution in [0.15, 0.2) is 72.8 Å². The van der Waals surface area contributed by atoms with Crippen LogP contribution in [0.4, 0.5) is 0 Å². The Hall–Kier alpha value is -3.48. The maximum atomic E-state index is 6.03. The molecule has 2 atom stereocenters. The molecule has 2 saturated heterocycles. The summed E-state index contributed by atoms with van der Waals surface area (Å²) in [6.45, 7) is 4.35. The number of rotatable bonds is 21. The molecule has 0 amide bonds. The lowest BCUT2D eigenvalue weighted by Crippen LogP contribution is -2.08. The maximum Gasteiger partial charge on any atom is 0.122 e. The number of unbranched alkanes of at least 4 members (excludes halogenated alkanes) is 6. The molecule has 6 heteroatoms. The summed E-state index contributed by atoms with van der Waals surface area (Å²) in [5, 5.41) is 4.56. The van der Waals surface area contributed by atoms with Crippen molar-refractivity contribution in [2.24, 2.45) is 0 Å². The van der Waals surface area contributed by atoms with Crippen LogP contribution in [-0.4, -0.2) is 51.8 Å². The highest BCUT2D eigenvalue weighted by Gasteiger charge is 2.21. The van der Waals surface area contributed by atoms with Crippen molar-refractivity contribution >= 4 is 21.5 Å². The van der Waals surface area contributed by atoms with Crippen LogP contribution in [0, 0.1) is 0 Å². The highest BCUT2D eigenvalue weighted by atomic mass is 16.6. The van der Waals surface area contributed by atoms with Crippen LogP contribution in [0.1, 0.15) is 64.2 Å². The molecule has 2 aliphatic rings. The van der Waals surface area contributed by atoms with Gasteiger partial charge in [0.25, 0.3) is 0 Å². The van der Waals surface area contributed by atoms with Gasteiger partial charge in [0.05, 0.1) is 38.6 Å². The van der Waals surface area contributed by atoms with Crippen molar-refractivity contribution in [3.63, 3.8) is 0 Å². The summed E-state index contributed by atoms with van der Waals surface area (Å²) >= 11 is 0. The first-order chi connectivity index (χ1) is 21.8. The Morgan fingerprint density at radius 1 is 0.409 bits per heavy atom. The molecule has 4 aromatic carbocycles. The minimum atomic E-state index is 0.462. The van der Waals surface area contributed by atoms with E-state index in [0.717, 1.165) is 73.0 Å². The smallest absolute Gasteiger partial charge is 0.122 e. The van der Waals surface area contributed by atoms with Gasteiger partial charge in [-0.05, 0) is 95.8 Å². The second-order valence-electron chi connectivity index (χ2n) is 12.1. The Kier molecular flexibility index (Phi) is 11.1. The quantitative estimate of drug-likeness (QED) is 0.0705. The van der Waals surface area contributed by atoms with E-state index in [4.69, 9.17) is 28.4 Å². The molecular formula is C38H46O6. The van der Waals surface area contributed by atoms with Gasteiger partial charge in [-0.2, -0.15) is 0 Å². The van der Waals surface area contributed by atoms with Crippen molar-refractivity contribution in [1.29, 1.82) is 0 Å². The van der Waals surface area contributed by atoms with Gasteiger partial charge >= 0.3 is 0 Å². The Morgan fingerprint density at radius 2 is 0.750 bits per heavy atom. The average molecular weight is 599 g/mol. The first-order valence-electron chi connectivity index (χ1n) is 16.6. The van der Waals surface area contributed by atoms with E-state index in [1.807, 2.05) is 24.3 Å². The Morgan fingerprint density at radius 3 is 1.11 bits per heavy atom. The van der Waals surface area contributed by atoms with Gasteiger partial charge in [0.1, 0.15) is 36.2 Å². The highest BCUT2D eigenvalue weighted by Crippen LogP contribution is 2.27. The Balaban J connectivity index is 0.901. The fourth-order valence-electron chi connectivity index (χ4n) is 5.59. The zero-order chi connectivity index (χ0) is 29.8. The molecule has 2 fully saturated rings. The van der Waals surface area contributed by atoms with E-state index in [0.29, 0.717) is 25.4 Å². The predicted molar refractivity (Wildman–Crippen MR) is 176 cm³/mol. The minimum absolute atomic E-state index is 0.462. The van der Waals surface area contributed by atoms with Gasteiger partial charge in [-0.3, -0.25) is 0 Å². The van der Waals surface area contributed by atoms with Crippen LogP contribution in [0.2, 0.25) is 0 Å². The van der Waals surface area contributed by atoms with Gasteiger partial charge < -0.3 is 28.4 Å². The van der Waals surface area contributed by atoms with E-state index in [1.165, 1.54) is 62.1 Å². The average Bonchev–Trinajstić information content (AvgIpc) is 3.98. The van der Waals surface area contributed by atoms with Crippen molar-refractivity contribution in [1.82, 2.24) is 0 Å². The third-order valence-electron chi connectivity index (χ3n) is 8.37. The summed E-state index contributed by atoms with van der Waals surface area (Å²) in [6.07, 6.45) is 13.1. The van der Waals surface area contributed by atoms with E-state index >= 15 is 0 Å². The minimum Gasteiger partial charge on any atom is -0.494 e. The molecule has 0 aliphatic carbocycles. The number of epoxide rings is 2. The van der Waals surface area contributed by atoms with Gasteiger partial charge in [-0.25, -0.2) is 0 Å². The second-order valence-corrected chi connectivity index (χ2v) is 12.1. The lowest BCUT2D eigenvalue weighted by molar-refractivity contribution is 0.217. The molecular weight excluding hydrogens is 552 g/mol. The first-order valence-corrected chi connectivity index (χ1v) is 16.6. The van der Waals surface area contributed by atoms with Crippen molar-refractivity contribution in [3.8, 4) is 23.0 Å². The molecule has 2 unspecified atom stereocenters. The SMILES string of the molecule is c1cc2ccc(OCCOc3ccc4ccc(OCCCCCCC5CO5)cc4c3)cc2cc1OCCCCCCC1CO1. The molecule has 0 bridgehead atoms. The largest absolute Gasteiger partial charge is 0.494 e. The summed E-state index contributed by atoms with van der Waals surface area (Å²) in [6, 6.07) is 24.9. The lowest BCUT2D eigenvalue weighted by Gasteiger charge is -2.11. The van der Waals surface area contributed by atoms with Gasteiger partial charge in [0, 0.05) is 0 Å². The van der Waals surface area contributed by atoms with Crippen LogP contribution in [0.3, 0.4) is 0 Å². The number of hydrogen-bond donors (Lipinski definition) is 0. The van der Waals surface area contributed by atoms with Gasteiger partial charge in [0.15, 0.2) is 0 Å². The van der Waals surface area contributed by atoms with E-state index in [1.54, 1.807) is 0 Å². The third-order valence-corrected chi connectivity index (χ3v) is 8.37. The Labute approximate surface area is 261 Å². The van der Waals surface area contributed by atoms with Crippen LogP contribution in [0.5, 0.6) is 23.0 Å². The highest BCUT2D eigenvalue weighted by molar-refractivity contribution is 5.86. The zero-order valence-electron chi connectivity index (χ0n) is 25.8. The Bertz CT molecular complexity index is 1350. The van der Waals surface area contributed by atoms with E-state index in [2.05, 4.69) is 48.5 Å². The normalized spacial score (nSPS) is 17.1. The standard InChI is InChI=1S/C38H46O6/c1(5-9-37-27-43-37)3-7-19-39-33-15-11-29-13-17-35(25-31(29)23-33)41-21-22-42-36-18-14-30-12-16-34(24-32(30)26-36)40-20-8-4-2-6-10-38-28-44-38/h11-18,23-26,37-38H,1-10,19-22,27-28H2. The van der Waals surface area contributed by atoms with E-state index < -0.39 is 0 Å². The zero-order valence-corrected chi connectivity index (χ0v) is 25.8. The van der Waals surface area contributed by atoms with Gasteiger partial charge in [-0.1, -0.05) is 62.8 Å². The number of fused-ring (bicyclic) bond motifs is 2. The second kappa shape index (κ2) is 16.0. The first kappa shape index (κ1) is 30.5. The van der Waals surface area contributed by atoms with E-state index in [9.17, 15) is 0 Å². The fraction of sp³-hybridized carbons (Fsp3) is 0.474. The fourth-order valence-corrected chi connectivity index (χ4v) is 5.59. The molecule has 4 aromatic rings. The van der Waals surface area contributed by atoms with Gasteiger partial charge in [0.2, 0.25) is 0 Å². The molecule has 44 heavy (non-hydrogen) atoms. The van der Waals surface area contributed by atoms with Crippen LogP contribution in [0.25, 0.3) is 21.5 Å². The molecule has 0 N–H and O–H groups in total. The topological polar surface area (TPSA) is 62.0 Å². The molecule has 2 aliphatic heterocycles. The summed E-state index contributed by atoms with van der Waals surface area (Å²) in [5.74, 6) is 3.47. The van der Waals surface area contributed by atoms with Crippen molar-refractivity contribution in [2.75, 3.05) is 39.6 Å². The molecule has 0 spiro atoms. The molecule has 6 rings (SSSR count). The van der Waals surface area contributed by atoms with Crippen LogP contribution in [-0.2, 0) is 9.47 Å². The van der Waals surface area contributed by atoms with E-state index in [-0.39, 0.29) is 0 Å². The summed E-state index contributed by atoms with van der Waals surface area (Å²) in [5.41, 5.74) is 0. The lowest BCUT2D eigenvalue weighted by atomic mass is 10.1. The molecule has 6 nitrogen and oxygen atoms in total. The molecule has 0 saturated carbocycles. The predicted octanol–water partition coefficient (Wildman–Crippen LogP) is 8.91. The molecule has 234 valence electrons. The van der Waals surface area contributed by atoms with Crippen LogP contribution < -0.4 is 18.9 Å². The number of ether oxygens (including phenoxy) is 6. The van der Waals surface area contributed by atoms with Crippen molar-refractivity contribution < 1.29 is 28.4 Å². The maximum absolute atomic E-state index is 6.03. The van der Waals surface area contributed by atoms with Crippen molar-refractivity contribution in [3.05, 3.63) is 72.8 Å². The summed E-state index contributed by atoms with van der Waals surface area (Å²) < 4.78 is 34.7. The molecule has 2 heterocycles. The number of hydrogen-bond acceptors (Lipinski definition) is 6. The summed E-state index contributed by atoms with van der Waals surface area (Å²) in [7, 11) is 0. The van der Waals surface area contributed by atoms with Crippen LogP contribution >= 0.6 is 0 Å². The third kappa shape index (κ3) is 10.0. The van der Waals surface area contributed by atoms with Crippen molar-refractivity contribution in [2.45, 2.75) is 76.4 Å².